The van der Waals surface area contributed by atoms with Crippen LogP contribution in [0.25, 0.3) is 0 Å². The van der Waals surface area contributed by atoms with E-state index in [-0.39, 0.29) is 11.3 Å². The number of pyridine rings is 1. The van der Waals surface area contributed by atoms with Gasteiger partial charge in [0, 0.05) is 42.2 Å². The highest BCUT2D eigenvalue weighted by atomic mass is 16.3. The number of aryl methyl sites for hydroxylation is 2. The fraction of sp³-hybridized carbons (Fsp3) is 0.333. The molecule has 0 aliphatic heterocycles. The lowest BCUT2D eigenvalue weighted by Gasteiger charge is -2.21. The Balaban J connectivity index is 2.32. The molecule has 0 aliphatic rings. The van der Waals surface area contributed by atoms with Crippen LogP contribution in [-0.4, -0.2) is 29.1 Å². The van der Waals surface area contributed by atoms with Gasteiger partial charge in [0.2, 0.25) is 0 Å². The van der Waals surface area contributed by atoms with E-state index in [1.807, 2.05) is 26.0 Å². The van der Waals surface area contributed by atoms with Crippen molar-refractivity contribution < 1.29 is 5.11 Å². The van der Waals surface area contributed by atoms with E-state index < -0.39 is 0 Å². The molecule has 122 valence electrons. The molecule has 0 unspecified atom stereocenters. The van der Waals surface area contributed by atoms with Crippen molar-refractivity contribution in [2.24, 2.45) is 5.10 Å². The standard InChI is InChI=1S/C18H23N3O2/c1-5-20(6-2)16-8-7-15(17(22)11-16)12-19-21-14(4)9-13(3)10-18(21)23/h7-12,22H,5-6H2,1-4H3. The minimum Gasteiger partial charge on any atom is -0.507 e. The first kappa shape index (κ1) is 16.8. The van der Waals surface area contributed by atoms with Gasteiger partial charge in [0.15, 0.2) is 0 Å². The molecule has 1 N–H and O–H groups in total. The zero-order valence-corrected chi connectivity index (χ0v) is 14.1. The smallest absolute Gasteiger partial charge is 0.271 e. The number of hydrogen-bond acceptors (Lipinski definition) is 4. The molecule has 0 aliphatic carbocycles. The minimum atomic E-state index is -0.182. The maximum absolute atomic E-state index is 12.0. The Bertz CT molecular complexity index is 774. The Morgan fingerprint density at radius 2 is 1.87 bits per heavy atom. The lowest BCUT2D eigenvalue weighted by Crippen LogP contribution is -2.21. The first-order valence-electron chi connectivity index (χ1n) is 7.78. The molecule has 1 aromatic heterocycles. The SMILES string of the molecule is CCN(CC)c1ccc(C=Nn2c(C)cc(C)cc2=O)c(O)c1. The number of nitrogens with zero attached hydrogens (tertiary/aromatic N) is 3. The summed E-state index contributed by atoms with van der Waals surface area (Å²) in [4.78, 5) is 14.1. The van der Waals surface area contributed by atoms with Crippen LogP contribution in [0.4, 0.5) is 5.69 Å². The van der Waals surface area contributed by atoms with E-state index in [2.05, 4.69) is 23.8 Å². The van der Waals surface area contributed by atoms with Crippen molar-refractivity contribution >= 4 is 11.9 Å². The van der Waals surface area contributed by atoms with E-state index in [1.54, 1.807) is 12.1 Å². The highest BCUT2D eigenvalue weighted by molar-refractivity contribution is 5.84. The number of anilines is 1. The lowest BCUT2D eigenvalue weighted by atomic mass is 10.2. The Morgan fingerprint density at radius 3 is 2.43 bits per heavy atom. The largest absolute Gasteiger partial charge is 0.507 e. The van der Waals surface area contributed by atoms with Crippen LogP contribution >= 0.6 is 0 Å². The van der Waals surface area contributed by atoms with E-state index >= 15 is 0 Å². The number of benzene rings is 1. The summed E-state index contributed by atoms with van der Waals surface area (Å²) in [5.41, 5.74) is 3.02. The molecule has 0 bridgehead atoms. The van der Waals surface area contributed by atoms with Gasteiger partial charge in [-0.05, 0) is 51.5 Å². The van der Waals surface area contributed by atoms with Crippen LogP contribution in [0.2, 0.25) is 0 Å². The van der Waals surface area contributed by atoms with Crippen molar-refractivity contribution in [1.29, 1.82) is 0 Å². The van der Waals surface area contributed by atoms with Crippen LogP contribution in [0.5, 0.6) is 5.75 Å². The third kappa shape index (κ3) is 3.80. The maximum atomic E-state index is 12.0. The second-order valence-corrected chi connectivity index (χ2v) is 5.48. The Labute approximate surface area is 136 Å². The molecule has 2 rings (SSSR count). The average molecular weight is 313 g/mol. The monoisotopic (exact) mass is 313 g/mol. The van der Waals surface area contributed by atoms with Gasteiger partial charge in [-0.15, -0.1) is 0 Å². The molecule has 0 spiro atoms. The molecule has 5 heteroatoms. The van der Waals surface area contributed by atoms with Crippen LogP contribution in [0.3, 0.4) is 0 Å². The number of rotatable bonds is 5. The van der Waals surface area contributed by atoms with Gasteiger partial charge in [-0.25, -0.2) is 4.68 Å². The molecule has 23 heavy (non-hydrogen) atoms. The van der Waals surface area contributed by atoms with E-state index in [1.165, 1.54) is 17.0 Å². The van der Waals surface area contributed by atoms with Crippen molar-refractivity contribution in [3.8, 4) is 5.75 Å². The molecule has 0 fully saturated rings. The van der Waals surface area contributed by atoms with Crippen LogP contribution in [0.15, 0.2) is 40.2 Å². The Morgan fingerprint density at radius 1 is 1.17 bits per heavy atom. The number of hydrogen-bond donors (Lipinski definition) is 1. The summed E-state index contributed by atoms with van der Waals surface area (Å²) in [7, 11) is 0. The van der Waals surface area contributed by atoms with Crippen molar-refractivity contribution in [2.75, 3.05) is 18.0 Å². The summed E-state index contributed by atoms with van der Waals surface area (Å²) in [6.07, 6.45) is 1.51. The van der Waals surface area contributed by atoms with Crippen molar-refractivity contribution in [3.63, 3.8) is 0 Å². The lowest BCUT2D eigenvalue weighted by molar-refractivity contribution is 0.474. The van der Waals surface area contributed by atoms with Crippen LogP contribution in [-0.2, 0) is 0 Å². The van der Waals surface area contributed by atoms with Crippen molar-refractivity contribution in [3.05, 3.63) is 57.5 Å². The Kier molecular flexibility index (Phi) is 5.21. The highest BCUT2D eigenvalue weighted by Crippen LogP contribution is 2.23. The molecule has 1 heterocycles. The summed E-state index contributed by atoms with van der Waals surface area (Å²) in [5, 5.41) is 14.4. The number of phenolic OH excluding ortho intramolecular Hbond substituents is 1. The summed E-state index contributed by atoms with van der Waals surface area (Å²) in [6, 6.07) is 8.90. The summed E-state index contributed by atoms with van der Waals surface area (Å²) >= 11 is 0. The van der Waals surface area contributed by atoms with Crippen LogP contribution < -0.4 is 10.5 Å². The second kappa shape index (κ2) is 7.13. The molecule has 0 saturated carbocycles. The zero-order valence-electron chi connectivity index (χ0n) is 14.1. The van der Waals surface area contributed by atoms with Gasteiger partial charge in [-0.3, -0.25) is 4.79 Å². The van der Waals surface area contributed by atoms with Gasteiger partial charge >= 0.3 is 0 Å². The van der Waals surface area contributed by atoms with E-state index in [0.717, 1.165) is 30.0 Å². The maximum Gasteiger partial charge on any atom is 0.271 e. The molecule has 2 aromatic rings. The second-order valence-electron chi connectivity index (χ2n) is 5.48. The third-order valence-corrected chi connectivity index (χ3v) is 3.79. The zero-order chi connectivity index (χ0) is 17.0. The molecule has 0 radical (unpaired) electrons. The third-order valence-electron chi connectivity index (χ3n) is 3.79. The average Bonchev–Trinajstić information content (AvgIpc) is 2.49. The Hall–Kier alpha value is -2.56. The molecular formula is C18H23N3O2. The predicted octanol–water partition coefficient (Wildman–Crippen LogP) is 2.90. The minimum absolute atomic E-state index is 0.149. The molecule has 5 nitrogen and oxygen atoms in total. The fourth-order valence-electron chi connectivity index (χ4n) is 2.56. The van der Waals surface area contributed by atoms with Crippen LogP contribution in [0, 0.1) is 13.8 Å². The normalized spacial score (nSPS) is 11.1. The van der Waals surface area contributed by atoms with Gasteiger partial charge in [-0.1, -0.05) is 0 Å². The van der Waals surface area contributed by atoms with Gasteiger partial charge in [-0.2, -0.15) is 5.10 Å². The van der Waals surface area contributed by atoms with Gasteiger partial charge in [0.25, 0.3) is 5.56 Å². The summed E-state index contributed by atoms with van der Waals surface area (Å²) in [5.74, 6) is 0.149. The topological polar surface area (TPSA) is 57.8 Å². The molecule has 0 amide bonds. The summed E-state index contributed by atoms with van der Waals surface area (Å²) in [6.45, 7) is 9.60. The van der Waals surface area contributed by atoms with Gasteiger partial charge < -0.3 is 10.0 Å². The van der Waals surface area contributed by atoms with E-state index in [4.69, 9.17) is 0 Å². The van der Waals surface area contributed by atoms with E-state index in [0.29, 0.717) is 5.56 Å². The first-order valence-corrected chi connectivity index (χ1v) is 7.78. The van der Waals surface area contributed by atoms with Gasteiger partial charge in [0.05, 0.1) is 6.21 Å². The van der Waals surface area contributed by atoms with Gasteiger partial charge in [0.1, 0.15) is 5.75 Å². The van der Waals surface area contributed by atoms with Crippen molar-refractivity contribution in [1.82, 2.24) is 4.68 Å². The number of phenols is 1. The van der Waals surface area contributed by atoms with Crippen LogP contribution in [0.1, 0.15) is 30.7 Å². The molecule has 1 aromatic carbocycles. The van der Waals surface area contributed by atoms with E-state index in [9.17, 15) is 9.90 Å². The molecule has 0 atom stereocenters. The summed E-state index contributed by atoms with van der Waals surface area (Å²) < 4.78 is 1.32. The molecular weight excluding hydrogens is 290 g/mol. The number of aromatic nitrogens is 1. The quantitative estimate of drug-likeness (QED) is 0.864. The first-order chi connectivity index (χ1) is 11.0. The highest BCUT2D eigenvalue weighted by Gasteiger charge is 2.06. The molecule has 0 saturated heterocycles. The number of aromatic hydroxyl groups is 1. The predicted molar refractivity (Wildman–Crippen MR) is 94.8 cm³/mol. The van der Waals surface area contributed by atoms with Crippen molar-refractivity contribution in [2.45, 2.75) is 27.7 Å². The fourth-order valence-corrected chi connectivity index (χ4v) is 2.56.